The SMILES string of the molecule is Cc1cc(O)ccc1C(=O)N(C)CC1CC1. The zero-order valence-electron chi connectivity index (χ0n) is 9.73. The number of hydrogen-bond donors (Lipinski definition) is 1. The van der Waals surface area contributed by atoms with E-state index in [-0.39, 0.29) is 11.7 Å². The number of amides is 1. The smallest absolute Gasteiger partial charge is 0.253 e. The number of hydrogen-bond acceptors (Lipinski definition) is 2. The summed E-state index contributed by atoms with van der Waals surface area (Å²) in [7, 11) is 1.84. The molecule has 0 saturated heterocycles. The molecule has 0 atom stereocenters. The van der Waals surface area contributed by atoms with Crippen LogP contribution in [0.1, 0.15) is 28.8 Å². The Balaban J connectivity index is 2.12. The monoisotopic (exact) mass is 219 g/mol. The summed E-state index contributed by atoms with van der Waals surface area (Å²) in [5.41, 5.74) is 1.51. The highest BCUT2D eigenvalue weighted by atomic mass is 16.3. The molecule has 3 nitrogen and oxygen atoms in total. The van der Waals surface area contributed by atoms with Crippen LogP contribution in [0.5, 0.6) is 5.75 Å². The van der Waals surface area contributed by atoms with Crippen molar-refractivity contribution in [2.45, 2.75) is 19.8 Å². The van der Waals surface area contributed by atoms with Crippen LogP contribution < -0.4 is 0 Å². The van der Waals surface area contributed by atoms with E-state index in [1.807, 2.05) is 14.0 Å². The first-order valence-corrected chi connectivity index (χ1v) is 5.63. The second kappa shape index (κ2) is 4.16. The number of phenolic OH excluding ortho intramolecular Hbond substituents is 1. The van der Waals surface area contributed by atoms with Gasteiger partial charge < -0.3 is 10.0 Å². The molecule has 16 heavy (non-hydrogen) atoms. The van der Waals surface area contributed by atoms with Crippen molar-refractivity contribution in [2.75, 3.05) is 13.6 Å². The third kappa shape index (κ3) is 2.35. The fourth-order valence-electron chi connectivity index (χ4n) is 1.86. The van der Waals surface area contributed by atoms with E-state index in [1.54, 1.807) is 23.1 Å². The van der Waals surface area contributed by atoms with Crippen LogP contribution in [0.4, 0.5) is 0 Å². The highest BCUT2D eigenvalue weighted by Crippen LogP contribution is 2.30. The molecule has 1 aliphatic carbocycles. The maximum Gasteiger partial charge on any atom is 0.253 e. The Morgan fingerprint density at radius 3 is 2.75 bits per heavy atom. The summed E-state index contributed by atoms with van der Waals surface area (Å²) >= 11 is 0. The number of carbonyl (C=O) groups is 1. The number of carbonyl (C=O) groups excluding carboxylic acids is 1. The summed E-state index contributed by atoms with van der Waals surface area (Å²) in [5.74, 6) is 0.953. The first-order valence-electron chi connectivity index (χ1n) is 5.63. The van der Waals surface area contributed by atoms with Crippen LogP contribution in [0.3, 0.4) is 0 Å². The number of benzene rings is 1. The highest BCUT2D eigenvalue weighted by Gasteiger charge is 2.25. The van der Waals surface area contributed by atoms with Crippen molar-refractivity contribution in [3.63, 3.8) is 0 Å². The third-order valence-electron chi connectivity index (χ3n) is 3.02. The first-order chi connectivity index (χ1) is 7.58. The van der Waals surface area contributed by atoms with Gasteiger partial charge in [0.2, 0.25) is 0 Å². The third-order valence-corrected chi connectivity index (χ3v) is 3.02. The van der Waals surface area contributed by atoms with Crippen LogP contribution in [0.25, 0.3) is 0 Å². The minimum Gasteiger partial charge on any atom is -0.508 e. The summed E-state index contributed by atoms with van der Waals surface area (Å²) in [5, 5.41) is 9.29. The van der Waals surface area contributed by atoms with Crippen LogP contribution in [0.15, 0.2) is 18.2 Å². The van der Waals surface area contributed by atoms with Crippen molar-refractivity contribution in [3.8, 4) is 5.75 Å². The van der Waals surface area contributed by atoms with Gasteiger partial charge in [-0.3, -0.25) is 4.79 Å². The Labute approximate surface area is 95.7 Å². The molecule has 3 heteroatoms. The predicted octanol–water partition coefficient (Wildman–Crippen LogP) is 2.18. The summed E-state index contributed by atoms with van der Waals surface area (Å²) in [4.78, 5) is 13.9. The Hall–Kier alpha value is -1.51. The van der Waals surface area contributed by atoms with E-state index in [2.05, 4.69) is 0 Å². The Morgan fingerprint density at radius 2 is 2.19 bits per heavy atom. The standard InChI is InChI=1S/C13H17NO2/c1-9-7-11(15)5-6-12(9)13(16)14(2)8-10-3-4-10/h5-7,10,15H,3-4,8H2,1-2H3. The first kappa shape index (κ1) is 11.0. The molecule has 1 fully saturated rings. The minimum atomic E-state index is 0.0457. The molecule has 0 spiro atoms. The number of nitrogens with zero attached hydrogens (tertiary/aromatic N) is 1. The molecule has 1 aromatic rings. The topological polar surface area (TPSA) is 40.5 Å². The van der Waals surface area contributed by atoms with Gasteiger partial charge in [0, 0.05) is 19.2 Å². The van der Waals surface area contributed by atoms with E-state index in [9.17, 15) is 9.90 Å². The van der Waals surface area contributed by atoms with Crippen molar-refractivity contribution in [1.29, 1.82) is 0 Å². The van der Waals surface area contributed by atoms with E-state index in [4.69, 9.17) is 0 Å². The average Bonchev–Trinajstić information content (AvgIpc) is 3.00. The lowest BCUT2D eigenvalue weighted by Gasteiger charge is -2.18. The van der Waals surface area contributed by atoms with Crippen molar-refractivity contribution in [3.05, 3.63) is 29.3 Å². The van der Waals surface area contributed by atoms with Gasteiger partial charge >= 0.3 is 0 Å². The molecule has 0 bridgehead atoms. The van der Waals surface area contributed by atoms with Gasteiger partial charge in [0.05, 0.1) is 0 Å². The maximum atomic E-state index is 12.1. The average molecular weight is 219 g/mol. The van der Waals surface area contributed by atoms with Crippen LogP contribution in [-0.2, 0) is 0 Å². The van der Waals surface area contributed by atoms with Crippen LogP contribution in [0, 0.1) is 12.8 Å². The molecular weight excluding hydrogens is 202 g/mol. The summed E-state index contributed by atoms with van der Waals surface area (Å²) in [6.45, 7) is 2.69. The van der Waals surface area contributed by atoms with Gasteiger partial charge in [0.1, 0.15) is 5.75 Å². The van der Waals surface area contributed by atoms with E-state index >= 15 is 0 Å². The Bertz CT molecular complexity index is 410. The number of rotatable bonds is 3. The van der Waals surface area contributed by atoms with Gasteiger partial charge in [-0.1, -0.05) is 0 Å². The lowest BCUT2D eigenvalue weighted by molar-refractivity contribution is 0.0788. The van der Waals surface area contributed by atoms with Crippen molar-refractivity contribution < 1.29 is 9.90 Å². The molecule has 0 aromatic heterocycles. The van der Waals surface area contributed by atoms with Crippen LogP contribution in [-0.4, -0.2) is 29.5 Å². The zero-order chi connectivity index (χ0) is 11.7. The van der Waals surface area contributed by atoms with Gasteiger partial charge in [-0.05, 0) is 49.4 Å². The second-order valence-corrected chi connectivity index (χ2v) is 4.63. The second-order valence-electron chi connectivity index (χ2n) is 4.63. The van der Waals surface area contributed by atoms with Gasteiger partial charge in [0.15, 0.2) is 0 Å². The molecule has 1 aliphatic rings. The Morgan fingerprint density at radius 1 is 1.50 bits per heavy atom. The fraction of sp³-hybridized carbons (Fsp3) is 0.462. The molecular formula is C13H17NO2. The molecule has 1 saturated carbocycles. The minimum absolute atomic E-state index is 0.0457. The predicted molar refractivity (Wildman–Crippen MR) is 62.5 cm³/mol. The van der Waals surface area contributed by atoms with Crippen LogP contribution >= 0.6 is 0 Å². The van der Waals surface area contributed by atoms with Crippen molar-refractivity contribution >= 4 is 5.91 Å². The van der Waals surface area contributed by atoms with E-state index in [0.29, 0.717) is 11.5 Å². The quantitative estimate of drug-likeness (QED) is 0.846. The lowest BCUT2D eigenvalue weighted by atomic mass is 10.1. The van der Waals surface area contributed by atoms with Gasteiger partial charge in [-0.2, -0.15) is 0 Å². The van der Waals surface area contributed by atoms with Gasteiger partial charge in [0.25, 0.3) is 5.91 Å². The van der Waals surface area contributed by atoms with Gasteiger partial charge in [-0.25, -0.2) is 0 Å². The fourth-order valence-corrected chi connectivity index (χ4v) is 1.86. The molecule has 0 radical (unpaired) electrons. The number of phenols is 1. The Kier molecular flexibility index (Phi) is 2.86. The molecule has 86 valence electrons. The van der Waals surface area contributed by atoms with Crippen molar-refractivity contribution in [1.82, 2.24) is 4.90 Å². The molecule has 1 N–H and O–H groups in total. The molecule has 2 rings (SSSR count). The maximum absolute atomic E-state index is 12.1. The van der Waals surface area contributed by atoms with E-state index < -0.39 is 0 Å². The lowest BCUT2D eigenvalue weighted by Crippen LogP contribution is -2.29. The molecule has 0 aliphatic heterocycles. The number of aromatic hydroxyl groups is 1. The molecule has 0 unspecified atom stereocenters. The zero-order valence-corrected chi connectivity index (χ0v) is 9.73. The van der Waals surface area contributed by atoms with Gasteiger partial charge in [-0.15, -0.1) is 0 Å². The summed E-state index contributed by atoms with van der Waals surface area (Å²) in [6.07, 6.45) is 2.48. The largest absolute Gasteiger partial charge is 0.508 e. The van der Waals surface area contributed by atoms with E-state index in [1.165, 1.54) is 12.8 Å². The molecule has 1 amide bonds. The highest BCUT2D eigenvalue weighted by molar-refractivity contribution is 5.95. The van der Waals surface area contributed by atoms with Crippen LogP contribution in [0.2, 0.25) is 0 Å². The normalized spacial score (nSPS) is 14.9. The molecule has 1 aromatic carbocycles. The summed E-state index contributed by atoms with van der Waals surface area (Å²) in [6, 6.07) is 4.87. The summed E-state index contributed by atoms with van der Waals surface area (Å²) < 4.78 is 0. The number of aryl methyl sites for hydroxylation is 1. The van der Waals surface area contributed by atoms with E-state index in [0.717, 1.165) is 12.1 Å². The van der Waals surface area contributed by atoms with Crippen molar-refractivity contribution in [2.24, 2.45) is 5.92 Å². The molecule has 0 heterocycles.